The third kappa shape index (κ3) is 1.99. The zero-order valence-electron chi connectivity index (χ0n) is 11.8. The van der Waals surface area contributed by atoms with Crippen molar-refractivity contribution in [1.82, 2.24) is 4.98 Å². The van der Waals surface area contributed by atoms with E-state index in [9.17, 15) is 0 Å². The fraction of sp³-hybridized carbons (Fsp3) is 0.188. The number of anilines is 3. The number of fused-ring (bicyclic) bond motifs is 1. The number of oxazole rings is 1. The van der Waals surface area contributed by atoms with Crippen LogP contribution in [0.15, 0.2) is 40.8 Å². The van der Waals surface area contributed by atoms with Gasteiger partial charge in [-0.1, -0.05) is 12.1 Å². The lowest BCUT2D eigenvalue weighted by molar-refractivity contribution is 0.561. The summed E-state index contributed by atoms with van der Waals surface area (Å²) in [4.78, 5) is 6.38. The number of nitrogen functional groups attached to an aromatic ring is 1. The van der Waals surface area contributed by atoms with Gasteiger partial charge in [0.05, 0.1) is 11.4 Å². The van der Waals surface area contributed by atoms with Crippen molar-refractivity contribution in [3.63, 3.8) is 0 Å². The second kappa shape index (κ2) is 4.56. The Morgan fingerprint density at radius 3 is 2.70 bits per heavy atom. The van der Waals surface area contributed by atoms with Crippen molar-refractivity contribution in [2.45, 2.75) is 13.8 Å². The van der Waals surface area contributed by atoms with Crippen molar-refractivity contribution in [3.8, 4) is 0 Å². The lowest BCUT2D eigenvalue weighted by Crippen LogP contribution is -2.12. The lowest BCUT2D eigenvalue weighted by Gasteiger charge is -2.23. The van der Waals surface area contributed by atoms with E-state index in [4.69, 9.17) is 10.2 Å². The molecule has 102 valence electrons. The van der Waals surface area contributed by atoms with Crippen LogP contribution in [0.1, 0.15) is 11.5 Å². The summed E-state index contributed by atoms with van der Waals surface area (Å²) in [6.07, 6.45) is 0. The zero-order valence-corrected chi connectivity index (χ0v) is 11.8. The number of nitrogens with zero attached hydrogens (tertiary/aromatic N) is 2. The van der Waals surface area contributed by atoms with Gasteiger partial charge in [-0.2, -0.15) is 0 Å². The van der Waals surface area contributed by atoms with E-state index < -0.39 is 0 Å². The molecule has 2 N–H and O–H groups in total. The van der Waals surface area contributed by atoms with Crippen LogP contribution in [-0.2, 0) is 0 Å². The highest BCUT2D eigenvalue weighted by Crippen LogP contribution is 2.33. The Labute approximate surface area is 117 Å². The van der Waals surface area contributed by atoms with E-state index in [-0.39, 0.29) is 0 Å². The van der Waals surface area contributed by atoms with Gasteiger partial charge in [0, 0.05) is 25.7 Å². The minimum atomic E-state index is 0.676. The highest BCUT2D eigenvalue weighted by atomic mass is 16.3. The van der Waals surface area contributed by atoms with Crippen LogP contribution >= 0.6 is 0 Å². The van der Waals surface area contributed by atoms with Crippen LogP contribution in [0.4, 0.5) is 17.1 Å². The summed E-state index contributed by atoms with van der Waals surface area (Å²) < 4.78 is 5.59. The van der Waals surface area contributed by atoms with Crippen molar-refractivity contribution in [3.05, 3.63) is 47.9 Å². The molecule has 3 rings (SSSR count). The minimum Gasteiger partial charge on any atom is -0.441 e. The Morgan fingerprint density at radius 2 is 1.95 bits per heavy atom. The summed E-state index contributed by atoms with van der Waals surface area (Å²) in [7, 11) is 2.00. The van der Waals surface area contributed by atoms with Crippen LogP contribution in [0.3, 0.4) is 0 Å². The fourth-order valence-corrected chi connectivity index (χ4v) is 2.51. The number of aromatic nitrogens is 1. The number of hydrogen-bond donors (Lipinski definition) is 1. The van der Waals surface area contributed by atoms with Crippen molar-refractivity contribution in [2.75, 3.05) is 17.7 Å². The minimum absolute atomic E-state index is 0.676. The van der Waals surface area contributed by atoms with E-state index in [2.05, 4.69) is 22.9 Å². The third-order valence-corrected chi connectivity index (χ3v) is 3.47. The van der Waals surface area contributed by atoms with Crippen LogP contribution in [0.2, 0.25) is 0 Å². The Bertz CT molecular complexity index is 756. The number of benzene rings is 2. The topological polar surface area (TPSA) is 55.3 Å². The maximum Gasteiger partial charge on any atom is 0.192 e. The van der Waals surface area contributed by atoms with E-state index in [0.29, 0.717) is 5.89 Å². The van der Waals surface area contributed by atoms with Gasteiger partial charge in [-0.3, -0.25) is 0 Å². The van der Waals surface area contributed by atoms with E-state index in [1.54, 1.807) is 0 Å². The third-order valence-electron chi connectivity index (χ3n) is 3.47. The molecule has 0 saturated heterocycles. The van der Waals surface area contributed by atoms with Gasteiger partial charge >= 0.3 is 0 Å². The molecule has 1 heterocycles. The first-order valence-corrected chi connectivity index (χ1v) is 6.52. The molecule has 0 atom stereocenters. The highest BCUT2D eigenvalue weighted by molar-refractivity contribution is 5.83. The molecule has 0 radical (unpaired) electrons. The Kier molecular flexibility index (Phi) is 2.86. The standard InChI is InChI=1S/C16H17N3O/c1-10-5-4-6-13(17)16(10)19(3)12-7-8-14-15(9-12)20-11(2)18-14/h4-9H,17H2,1-3H3. The van der Waals surface area contributed by atoms with Crippen LogP contribution < -0.4 is 10.6 Å². The van der Waals surface area contributed by atoms with E-state index in [0.717, 1.165) is 33.7 Å². The number of hydrogen-bond acceptors (Lipinski definition) is 4. The number of para-hydroxylation sites is 1. The summed E-state index contributed by atoms with van der Waals surface area (Å²) >= 11 is 0. The van der Waals surface area contributed by atoms with Gasteiger partial charge in [-0.05, 0) is 30.7 Å². The molecular formula is C16H17N3O. The predicted octanol–water partition coefficient (Wildman–Crippen LogP) is 3.79. The summed E-state index contributed by atoms with van der Waals surface area (Å²) in [6, 6.07) is 11.9. The maximum atomic E-state index is 6.10. The smallest absolute Gasteiger partial charge is 0.192 e. The fourth-order valence-electron chi connectivity index (χ4n) is 2.51. The average Bonchev–Trinajstić information content (AvgIpc) is 2.77. The molecule has 0 fully saturated rings. The Morgan fingerprint density at radius 1 is 1.15 bits per heavy atom. The van der Waals surface area contributed by atoms with Gasteiger partial charge in [0.25, 0.3) is 0 Å². The molecule has 0 aliphatic carbocycles. The molecule has 20 heavy (non-hydrogen) atoms. The van der Waals surface area contributed by atoms with Gasteiger partial charge < -0.3 is 15.1 Å². The Balaban J connectivity index is 2.09. The summed E-state index contributed by atoms with van der Waals surface area (Å²) in [5.41, 5.74) is 11.7. The monoisotopic (exact) mass is 267 g/mol. The molecular weight excluding hydrogens is 250 g/mol. The number of nitrogens with two attached hydrogens (primary N) is 1. The van der Waals surface area contributed by atoms with Crippen LogP contribution in [-0.4, -0.2) is 12.0 Å². The van der Waals surface area contributed by atoms with Gasteiger partial charge in [-0.15, -0.1) is 0 Å². The van der Waals surface area contributed by atoms with Crippen molar-refractivity contribution in [2.24, 2.45) is 0 Å². The second-order valence-electron chi connectivity index (χ2n) is 4.96. The molecule has 0 saturated carbocycles. The predicted molar refractivity (Wildman–Crippen MR) is 82.4 cm³/mol. The first kappa shape index (κ1) is 12.5. The first-order valence-electron chi connectivity index (χ1n) is 6.52. The average molecular weight is 267 g/mol. The zero-order chi connectivity index (χ0) is 14.3. The van der Waals surface area contributed by atoms with Crippen LogP contribution in [0.25, 0.3) is 11.1 Å². The second-order valence-corrected chi connectivity index (χ2v) is 4.96. The number of aryl methyl sites for hydroxylation is 2. The van der Waals surface area contributed by atoms with Crippen molar-refractivity contribution < 1.29 is 4.42 Å². The number of rotatable bonds is 2. The van der Waals surface area contributed by atoms with E-state index >= 15 is 0 Å². The van der Waals surface area contributed by atoms with Crippen LogP contribution in [0.5, 0.6) is 0 Å². The molecule has 2 aromatic carbocycles. The van der Waals surface area contributed by atoms with Gasteiger partial charge in [-0.25, -0.2) is 4.98 Å². The molecule has 0 amide bonds. The SMILES string of the molecule is Cc1nc2ccc(N(C)c3c(C)cccc3N)cc2o1. The summed E-state index contributed by atoms with van der Waals surface area (Å²) in [5, 5.41) is 0. The molecule has 3 aromatic rings. The van der Waals surface area contributed by atoms with Crippen LogP contribution in [0, 0.1) is 13.8 Å². The van der Waals surface area contributed by atoms with Gasteiger partial charge in [0.15, 0.2) is 11.5 Å². The molecule has 1 aromatic heterocycles. The van der Waals surface area contributed by atoms with Gasteiger partial charge in [0.2, 0.25) is 0 Å². The molecule has 0 unspecified atom stereocenters. The van der Waals surface area contributed by atoms with E-state index in [1.165, 1.54) is 0 Å². The lowest BCUT2D eigenvalue weighted by atomic mass is 10.1. The van der Waals surface area contributed by atoms with E-state index in [1.807, 2.05) is 44.3 Å². The van der Waals surface area contributed by atoms with Crippen molar-refractivity contribution in [1.29, 1.82) is 0 Å². The molecule has 4 nitrogen and oxygen atoms in total. The quantitative estimate of drug-likeness (QED) is 0.718. The normalized spacial score (nSPS) is 10.9. The molecule has 0 aliphatic heterocycles. The Hall–Kier alpha value is -2.49. The molecule has 0 bridgehead atoms. The maximum absolute atomic E-state index is 6.10. The molecule has 0 spiro atoms. The van der Waals surface area contributed by atoms with Gasteiger partial charge in [0.1, 0.15) is 5.52 Å². The largest absolute Gasteiger partial charge is 0.441 e. The van der Waals surface area contributed by atoms with Crippen molar-refractivity contribution >= 4 is 28.2 Å². The molecule has 0 aliphatic rings. The highest BCUT2D eigenvalue weighted by Gasteiger charge is 2.12. The molecule has 4 heteroatoms. The summed E-state index contributed by atoms with van der Waals surface area (Å²) in [5.74, 6) is 0.676. The summed E-state index contributed by atoms with van der Waals surface area (Å²) in [6.45, 7) is 3.90. The first-order chi connectivity index (χ1) is 9.56.